The number of nitrogens with one attached hydrogen (secondary N) is 2. The van der Waals surface area contributed by atoms with Crippen molar-refractivity contribution in [1.82, 2.24) is 5.32 Å². The van der Waals surface area contributed by atoms with Crippen molar-refractivity contribution < 1.29 is 14.4 Å². The van der Waals surface area contributed by atoms with Crippen LogP contribution in [0, 0.1) is 3.57 Å². The smallest absolute Gasteiger partial charge is 0.266 e. The fourth-order valence-corrected chi connectivity index (χ4v) is 3.97. The van der Waals surface area contributed by atoms with Crippen molar-refractivity contribution in [3.05, 3.63) is 93.1 Å². The molecule has 3 aromatic rings. The predicted octanol–water partition coefficient (Wildman–Crippen LogP) is 4.22. The van der Waals surface area contributed by atoms with Crippen molar-refractivity contribution in [2.45, 2.75) is 0 Å². The number of halogens is 1. The minimum Gasteiger partial charge on any atom is -0.332 e. The number of benzene rings is 3. The fourth-order valence-electron chi connectivity index (χ4n) is 3.12. The third kappa shape index (κ3) is 3.83. The number of nitrogens with zero attached hydrogens (tertiary/aromatic N) is 1. The van der Waals surface area contributed by atoms with Crippen molar-refractivity contribution in [3.63, 3.8) is 0 Å². The molecular formula is C22H14IN3O3S. The van der Waals surface area contributed by atoms with E-state index in [1.54, 1.807) is 60.7 Å². The van der Waals surface area contributed by atoms with Crippen molar-refractivity contribution in [3.8, 4) is 0 Å². The fraction of sp³-hybridized carbons (Fsp3) is 0. The van der Waals surface area contributed by atoms with Crippen LogP contribution in [0.25, 0.3) is 0 Å². The third-order valence-corrected chi connectivity index (χ3v) is 5.65. The van der Waals surface area contributed by atoms with Crippen LogP contribution in [0.4, 0.5) is 11.4 Å². The molecule has 0 saturated carbocycles. The molecule has 0 aliphatic carbocycles. The molecule has 1 heterocycles. The first-order chi connectivity index (χ1) is 14.5. The van der Waals surface area contributed by atoms with E-state index < -0.39 is 0 Å². The molecular weight excluding hydrogens is 513 g/mol. The van der Waals surface area contributed by atoms with Gasteiger partial charge in [0, 0.05) is 9.26 Å². The number of thiocarbonyl (C=S) groups is 1. The molecule has 0 bridgehead atoms. The van der Waals surface area contributed by atoms with Crippen molar-refractivity contribution in [2.75, 3.05) is 10.2 Å². The van der Waals surface area contributed by atoms with Gasteiger partial charge in [-0.05, 0) is 77.3 Å². The molecule has 2 N–H and O–H groups in total. The van der Waals surface area contributed by atoms with Gasteiger partial charge in [-0.15, -0.1) is 0 Å². The second-order valence-corrected chi connectivity index (χ2v) is 8.00. The van der Waals surface area contributed by atoms with E-state index in [1.807, 2.05) is 12.1 Å². The summed E-state index contributed by atoms with van der Waals surface area (Å²) < 4.78 is 0.808. The van der Waals surface area contributed by atoms with Crippen molar-refractivity contribution in [2.24, 2.45) is 0 Å². The van der Waals surface area contributed by atoms with E-state index in [1.165, 1.54) is 0 Å². The first-order valence-corrected chi connectivity index (χ1v) is 10.4. The van der Waals surface area contributed by atoms with Gasteiger partial charge >= 0.3 is 0 Å². The number of carbonyl (C=O) groups excluding carboxylic acids is 3. The van der Waals surface area contributed by atoms with E-state index in [-0.39, 0.29) is 22.8 Å². The molecule has 3 aromatic carbocycles. The highest BCUT2D eigenvalue weighted by Crippen LogP contribution is 2.29. The number of hydrogen-bond donors (Lipinski definition) is 2. The minimum atomic E-state index is -0.373. The van der Waals surface area contributed by atoms with Gasteiger partial charge < -0.3 is 5.32 Å². The van der Waals surface area contributed by atoms with E-state index in [4.69, 9.17) is 12.2 Å². The van der Waals surface area contributed by atoms with Gasteiger partial charge in [0.05, 0.1) is 22.4 Å². The summed E-state index contributed by atoms with van der Waals surface area (Å²) in [6, 6.07) is 20.6. The Kier molecular flexibility index (Phi) is 5.60. The maximum Gasteiger partial charge on any atom is 0.266 e. The number of amides is 3. The molecule has 3 amide bonds. The topological polar surface area (TPSA) is 78.5 Å². The number of rotatable bonds is 3. The van der Waals surface area contributed by atoms with Crippen molar-refractivity contribution in [1.29, 1.82) is 0 Å². The number of carbonyl (C=O) groups is 3. The van der Waals surface area contributed by atoms with Gasteiger partial charge in [0.25, 0.3) is 17.7 Å². The lowest BCUT2D eigenvalue weighted by atomic mass is 10.1. The highest BCUT2D eigenvalue weighted by molar-refractivity contribution is 14.1. The zero-order valence-electron chi connectivity index (χ0n) is 15.4. The molecule has 0 aromatic heterocycles. The maximum atomic E-state index is 12.7. The molecule has 0 spiro atoms. The van der Waals surface area contributed by atoms with Gasteiger partial charge in [0.2, 0.25) is 0 Å². The molecule has 0 unspecified atom stereocenters. The largest absolute Gasteiger partial charge is 0.332 e. The zero-order valence-corrected chi connectivity index (χ0v) is 18.4. The van der Waals surface area contributed by atoms with Crippen LogP contribution in [0.2, 0.25) is 0 Å². The van der Waals surface area contributed by atoms with Crippen LogP contribution in [0.5, 0.6) is 0 Å². The molecule has 1 aliphatic heterocycles. The molecule has 6 nitrogen and oxygen atoms in total. The van der Waals surface area contributed by atoms with Gasteiger partial charge in [-0.25, -0.2) is 4.90 Å². The van der Waals surface area contributed by atoms with Gasteiger partial charge in [0.1, 0.15) is 0 Å². The lowest BCUT2D eigenvalue weighted by molar-refractivity contribution is 0.0923. The predicted molar refractivity (Wildman–Crippen MR) is 127 cm³/mol. The van der Waals surface area contributed by atoms with Crippen LogP contribution in [-0.4, -0.2) is 22.8 Å². The number of fused-ring (bicyclic) bond motifs is 1. The molecule has 148 valence electrons. The van der Waals surface area contributed by atoms with Crippen LogP contribution in [0.15, 0.2) is 72.8 Å². The Labute approximate surface area is 191 Å². The second-order valence-electron chi connectivity index (χ2n) is 6.43. The summed E-state index contributed by atoms with van der Waals surface area (Å²) in [4.78, 5) is 38.9. The quantitative estimate of drug-likeness (QED) is 0.303. The van der Waals surface area contributed by atoms with Gasteiger partial charge in [-0.1, -0.05) is 30.3 Å². The highest BCUT2D eigenvalue weighted by atomic mass is 127. The van der Waals surface area contributed by atoms with Crippen molar-refractivity contribution >= 4 is 69.0 Å². The first-order valence-electron chi connectivity index (χ1n) is 8.90. The molecule has 0 atom stereocenters. The van der Waals surface area contributed by atoms with Gasteiger partial charge in [-0.2, -0.15) is 0 Å². The Bertz CT molecular complexity index is 1180. The molecule has 30 heavy (non-hydrogen) atoms. The Morgan fingerprint density at radius 3 is 2.17 bits per heavy atom. The van der Waals surface area contributed by atoms with Crippen LogP contribution >= 0.6 is 34.8 Å². The molecule has 1 aliphatic rings. The Morgan fingerprint density at radius 2 is 1.50 bits per heavy atom. The molecule has 0 fully saturated rings. The Balaban J connectivity index is 1.50. The van der Waals surface area contributed by atoms with Gasteiger partial charge in [-0.3, -0.25) is 19.7 Å². The lowest BCUT2D eigenvalue weighted by Crippen LogP contribution is -2.34. The summed E-state index contributed by atoms with van der Waals surface area (Å²) in [5.41, 5.74) is 2.22. The van der Waals surface area contributed by atoms with E-state index in [2.05, 4.69) is 33.2 Å². The average Bonchev–Trinajstić information content (AvgIpc) is 2.99. The lowest BCUT2D eigenvalue weighted by Gasteiger charge is -2.16. The molecule has 0 saturated heterocycles. The van der Waals surface area contributed by atoms with Crippen LogP contribution in [-0.2, 0) is 0 Å². The Morgan fingerprint density at radius 1 is 0.867 bits per heavy atom. The summed E-state index contributed by atoms with van der Waals surface area (Å²) >= 11 is 7.33. The van der Waals surface area contributed by atoms with E-state index in [0.717, 1.165) is 8.47 Å². The maximum absolute atomic E-state index is 12.7. The highest BCUT2D eigenvalue weighted by Gasteiger charge is 2.36. The number of hydrogen-bond acceptors (Lipinski definition) is 4. The summed E-state index contributed by atoms with van der Waals surface area (Å²) in [6.07, 6.45) is 0. The minimum absolute atomic E-state index is 0.110. The normalized spacial score (nSPS) is 12.5. The monoisotopic (exact) mass is 527 g/mol. The standard InChI is InChI=1S/C22H14IN3O3S/c23-18-11-4-3-10-17(18)19(27)25-22(30)24-13-6-5-7-14(12-13)26-20(28)15-8-1-2-9-16(15)21(26)29/h1-12H,(H2,24,25,27,30). The van der Waals surface area contributed by atoms with E-state index >= 15 is 0 Å². The molecule has 0 radical (unpaired) electrons. The molecule has 4 rings (SSSR count). The van der Waals surface area contributed by atoms with E-state index in [9.17, 15) is 14.4 Å². The SMILES string of the molecule is O=C(NC(=S)Nc1cccc(N2C(=O)c3ccccc3C2=O)c1)c1ccccc1I. The van der Waals surface area contributed by atoms with E-state index in [0.29, 0.717) is 28.1 Å². The van der Waals surface area contributed by atoms with Crippen LogP contribution in [0.3, 0.4) is 0 Å². The van der Waals surface area contributed by atoms with Crippen LogP contribution < -0.4 is 15.5 Å². The Hall–Kier alpha value is -3.11. The summed E-state index contributed by atoms with van der Waals surface area (Å²) in [6.45, 7) is 0. The summed E-state index contributed by atoms with van der Waals surface area (Å²) in [5.74, 6) is -1.07. The third-order valence-electron chi connectivity index (χ3n) is 4.50. The average molecular weight is 527 g/mol. The number of anilines is 2. The summed E-state index contributed by atoms with van der Waals surface area (Å²) in [7, 11) is 0. The van der Waals surface area contributed by atoms with Crippen LogP contribution in [0.1, 0.15) is 31.1 Å². The zero-order chi connectivity index (χ0) is 21.3. The second kappa shape index (κ2) is 8.33. The first kappa shape index (κ1) is 20.2. The van der Waals surface area contributed by atoms with Gasteiger partial charge in [0.15, 0.2) is 5.11 Å². The number of imide groups is 1. The molecule has 8 heteroatoms. The summed E-state index contributed by atoms with van der Waals surface area (Å²) in [5, 5.41) is 5.67.